The molecule has 0 saturated carbocycles. The molecule has 0 N–H and O–H groups in total. The van der Waals surface area contributed by atoms with Gasteiger partial charge in [-0.3, -0.25) is 0 Å². The number of hydrogen-bond donors (Lipinski definition) is 0. The van der Waals surface area contributed by atoms with Gasteiger partial charge in [0, 0.05) is 11.1 Å². The summed E-state index contributed by atoms with van der Waals surface area (Å²) in [6.07, 6.45) is 6.37. The molecule has 11 rings (SSSR count). The van der Waals surface area contributed by atoms with Crippen molar-refractivity contribution >= 4 is 10.8 Å². The van der Waals surface area contributed by atoms with Crippen LogP contribution in [0.4, 0.5) is 0 Å². The summed E-state index contributed by atoms with van der Waals surface area (Å²) < 4.78 is 10.7. The van der Waals surface area contributed by atoms with Crippen molar-refractivity contribution in [1.82, 2.24) is 9.97 Å². The topological polar surface area (TPSA) is 52.1 Å². The Hall–Kier alpha value is -6.78. The van der Waals surface area contributed by atoms with Crippen molar-refractivity contribution in [1.29, 1.82) is 0 Å². The van der Waals surface area contributed by atoms with E-state index in [0.29, 0.717) is 0 Å². The maximum atomic E-state index is 5.36. The Morgan fingerprint density at radius 2 is 0.941 bits per heavy atom. The summed E-state index contributed by atoms with van der Waals surface area (Å²) in [5, 5.41) is 2.47. The fourth-order valence-electron chi connectivity index (χ4n) is 8.83. The third-order valence-electron chi connectivity index (χ3n) is 10.9. The SMILES string of the molecule is c1cc(-c2ccc3c(c2)C2(c4ccccc4-c4ccccc42)c2cc(-c4cccc(-c5cocn5)c4)c4ccccc4c2-3)cc(-c2cocn2)c1. The lowest BCUT2D eigenvalue weighted by atomic mass is 9.69. The molecular weight excluding hydrogens is 625 g/mol. The van der Waals surface area contributed by atoms with Crippen LogP contribution in [0.15, 0.2) is 180 Å². The molecule has 0 fully saturated rings. The lowest BCUT2D eigenvalue weighted by Gasteiger charge is -2.31. The summed E-state index contributed by atoms with van der Waals surface area (Å²) in [6.45, 7) is 0. The Morgan fingerprint density at radius 1 is 0.373 bits per heavy atom. The zero-order valence-electron chi connectivity index (χ0n) is 27.4. The van der Waals surface area contributed by atoms with Crippen LogP contribution in [0.1, 0.15) is 22.3 Å². The van der Waals surface area contributed by atoms with Gasteiger partial charge in [0.25, 0.3) is 0 Å². The fraction of sp³-hybridized carbons (Fsp3) is 0.0213. The van der Waals surface area contributed by atoms with Crippen LogP contribution in [0.5, 0.6) is 0 Å². The second-order valence-electron chi connectivity index (χ2n) is 13.4. The maximum Gasteiger partial charge on any atom is 0.181 e. The van der Waals surface area contributed by atoms with E-state index in [4.69, 9.17) is 8.83 Å². The smallest absolute Gasteiger partial charge is 0.181 e. The Morgan fingerprint density at radius 3 is 1.61 bits per heavy atom. The molecule has 4 nitrogen and oxygen atoms in total. The maximum absolute atomic E-state index is 5.36. The lowest BCUT2D eigenvalue weighted by Crippen LogP contribution is -2.26. The second kappa shape index (κ2) is 10.6. The van der Waals surface area contributed by atoms with Crippen molar-refractivity contribution in [3.63, 3.8) is 0 Å². The average molecular weight is 653 g/mol. The van der Waals surface area contributed by atoms with Gasteiger partial charge in [-0.1, -0.05) is 121 Å². The molecule has 0 bridgehead atoms. The number of fused-ring (bicyclic) bond motifs is 12. The highest BCUT2D eigenvalue weighted by atomic mass is 16.3. The lowest BCUT2D eigenvalue weighted by molar-refractivity contribution is 0.558. The third-order valence-corrected chi connectivity index (χ3v) is 10.9. The molecule has 9 aromatic rings. The van der Waals surface area contributed by atoms with Gasteiger partial charge in [0.15, 0.2) is 12.8 Å². The molecule has 0 amide bonds. The van der Waals surface area contributed by atoms with E-state index in [0.717, 1.165) is 39.2 Å². The largest absolute Gasteiger partial charge is 0.451 e. The van der Waals surface area contributed by atoms with Crippen molar-refractivity contribution in [2.45, 2.75) is 5.41 Å². The minimum Gasteiger partial charge on any atom is -0.451 e. The number of rotatable bonds is 4. The number of nitrogens with zero attached hydrogens (tertiary/aromatic N) is 2. The first kappa shape index (κ1) is 28.1. The van der Waals surface area contributed by atoms with E-state index in [2.05, 4.69) is 156 Å². The van der Waals surface area contributed by atoms with Crippen molar-refractivity contribution in [2.75, 3.05) is 0 Å². The van der Waals surface area contributed by atoms with Crippen LogP contribution < -0.4 is 0 Å². The van der Waals surface area contributed by atoms with Crippen LogP contribution in [0.25, 0.3) is 77.8 Å². The van der Waals surface area contributed by atoms with Crippen LogP contribution in [-0.4, -0.2) is 9.97 Å². The fourth-order valence-corrected chi connectivity index (χ4v) is 8.83. The van der Waals surface area contributed by atoms with E-state index < -0.39 is 5.41 Å². The van der Waals surface area contributed by atoms with E-state index in [1.54, 1.807) is 12.5 Å². The van der Waals surface area contributed by atoms with Crippen molar-refractivity contribution < 1.29 is 8.83 Å². The van der Waals surface area contributed by atoms with Crippen LogP contribution in [0.2, 0.25) is 0 Å². The molecule has 2 aromatic heterocycles. The van der Waals surface area contributed by atoms with Crippen molar-refractivity contribution in [3.05, 3.63) is 193 Å². The van der Waals surface area contributed by atoms with Crippen LogP contribution in [0, 0.1) is 0 Å². The standard InChI is InChI=1S/C47H28N2O2/c1-2-16-37-34(13-1)39(31-10-8-12-33(22-31)45-26-51-28-49-45)24-43-46(37)38-20-19-30(29-9-7-11-32(21-29)44-25-50-27-48-44)23-42(38)47(43)40-17-5-3-14-35(40)36-15-4-6-18-41(36)47/h1-28H. The first-order valence-corrected chi connectivity index (χ1v) is 17.2. The number of aromatic nitrogens is 2. The third kappa shape index (κ3) is 3.90. The zero-order valence-corrected chi connectivity index (χ0v) is 27.4. The summed E-state index contributed by atoms with van der Waals surface area (Å²) in [4.78, 5) is 8.88. The van der Waals surface area contributed by atoms with Gasteiger partial charge in [-0.2, -0.15) is 0 Å². The van der Waals surface area contributed by atoms with Gasteiger partial charge in [0.1, 0.15) is 23.9 Å². The highest BCUT2D eigenvalue weighted by Crippen LogP contribution is 2.64. The molecule has 238 valence electrons. The summed E-state index contributed by atoms with van der Waals surface area (Å²) >= 11 is 0. The average Bonchev–Trinajstić information content (AvgIpc) is 4.02. The molecule has 0 radical (unpaired) electrons. The monoisotopic (exact) mass is 652 g/mol. The predicted octanol–water partition coefficient (Wildman–Crippen LogP) is 11.8. The van der Waals surface area contributed by atoms with E-state index in [9.17, 15) is 0 Å². The Labute approximate surface area is 294 Å². The summed E-state index contributed by atoms with van der Waals surface area (Å²) in [5.41, 5.74) is 18.2. The van der Waals surface area contributed by atoms with Gasteiger partial charge >= 0.3 is 0 Å². The molecule has 4 heteroatoms. The summed E-state index contributed by atoms with van der Waals surface area (Å²) in [7, 11) is 0. The zero-order chi connectivity index (χ0) is 33.5. The molecule has 0 unspecified atom stereocenters. The minimum atomic E-state index is -0.514. The first-order chi connectivity index (χ1) is 25.3. The number of oxazole rings is 2. The van der Waals surface area contributed by atoms with E-state index in [1.165, 1.54) is 73.6 Å². The Kier molecular flexibility index (Phi) is 5.84. The van der Waals surface area contributed by atoms with E-state index in [1.807, 2.05) is 0 Å². The molecule has 51 heavy (non-hydrogen) atoms. The number of benzene rings is 7. The van der Waals surface area contributed by atoms with Gasteiger partial charge in [-0.15, -0.1) is 0 Å². The first-order valence-electron chi connectivity index (χ1n) is 17.2. The normalized spacial score (nSPS) is 13.3. The van der Waals surface area contributed by atoms with Crippen LogP contribution >= 0.6 is 0 Å². The van der Waals surface area contributed by atoms with Gasteiger partial charge in [0.2, 0.25) is 0 Å². The van der Waals surface area contributed by atoms with Crippen molar-refractivity contribution in [2.24, 2.45) is 0 Å². The van der Waals surface area contributed by atoms with Crippen LogP contribution in [0.3, 0.4) is 0 Å². The number of hydrogen-bond acceptors (Lipinski definition) is 4. The molecule has 2 aliphatic carbocycles. The molecule has 1 spiro atoms. The van der Waals surface area contributed by atoms with Crippen LogP contribution in [-0.2, 0) is 5.41 Å². The molecule has 2 heterocycles. The molecule has 0 saturated heterocycles. The van der Waals surface area contributed by atoms with Gasteiger partial charge < -0.3 is 8.83 Å². The molecule has 0 aliphatic heterocycles. The summed E-state index contributed by atoms with van der Waals surface area (Å²) in [5.74, 6) is 0. The Balaban J connectivity index is 1.23. The van der Waals surface area contributed by atoms with Crippen molar-refractivity contribution in [3.8, 4) is 67.0 Å². The summed E-state index contributed by atoms with van der Waals surface area (Å²) in [6, 6.07) is 53.6. The molecule has 7 aromatic carbocycles. The highest BCUT2D eigenvalue weighted by Gasteiger charge is 2.52. The highest BCUT2D eigenvalue weighted by molar-refractivity contribution is 6.11. The molecule has 0 atom stereocenters. The quantitative estimate of drug-likeness (QED) is 0.190. The molecule has 2 aliphatic rings. The van der Waals surface area contributed by atoms with E-state index in [-0.39, 0.29) is 0 Å². The Bertz CT molecular complexity index is 2770. The second-order valence-corrected chi connectivity index (χ2v) is 13.4. The van der Waals surface area contributed by atoms with Gasteiger partial charge in [-0.05, 0) is 102 Å². The minimum absolute atomic E-state index is 0.514. The van der Waals surface area contributed by atoms with Gasteiger partial charge in [-0.25, -0.2) is 9.97 Å². The molecular formula is C47H28N2O2. The van der Waals surface area contributed by atoms with E-state index >= 15 is 0 Å². The van der Waals surface area contributed by atoms with Gasteiger partial charge in [0.05, 0.1) is 5.41 Å². The predicted molar refractivity (Wildman–Crippen MR) is 202 cm³/mol.